The quantitative estimate of drug-likeness (QED) is 0.678. The minimum absolute atomic E-state index is 0.0612. The fourth-order valence-electron chi connectivity index (χ4n) is 2.10. The first-order chi connectivity index (χ1) is 11.7. The van der Waals surface area contributed by atoms with Crippen LogP contribution in [0.5, 0.6) is 11.5 Å². The number of carbonyl (C=O) groups excluding carboxylic acids is 2. The van der Waals surface area contributed by atoms with Crippen molar-refractivity contribution in [2.75, 3.05) is 20.3 Å². The number of methoxy groups -OCH3 is 1. The van der Waals surface area contributed by atoms with E-state index in [2.05, 4.69) is 0 Å². The summed E-state index contributed by atoms with van der Waals surface area (Å²) in [6, 6.07) is 2.59. The largest absolute Gasteiger partial charge is 0.493 e. The van der Waals surface area contributed by atoms with Crippen molar-refractivity contribution >= 4 is 29.4 Å². The first-order valence-corrected chi connectivity index (χ1v) is 7.86. The van der Waals surface area contributed by atoms with Crippen molar-refractivity contribution < 1.29 is 29.0 Å². The Kier molecular flexibility index (Phi) is 7.50. The highest BCUT2D eigenvalue weighted by atomic mass is 35.5. The van der Waals surface area contributed by atoms with Gasteiger partial charge in [-0.1, -0.05) is 11.6 Å². The number of ether oxygens (including phenoxy) is 2. The normalized spacial score (nSPS) is 10.4. The topological polar surface area (TPSA) is 119 Å². The Balaban J connectivity index is 3.14. The number of aliphatic carboxylic acids is 1. The predicted octanol–water partition coefficient (Wildman–Crippen LogP) is 1.54. The van der Waals surface area contributed by atoms with Gasteiger partial charge < -0.3 is 25.2 Å². The van der Waals surface area contributed by atoms with Gasteiger partial charge in [0.05, 0.1) is 18.6 Å². The van der Waals surface area contributed by atoms with E-state index in [0.717, 1.165) is 0 Å². The van der Waals surface area contributed by atoms with E-state index in [4.69, 9.17) is 31.9 Å². The highest BCUT2D eigenvalue weighted by molar-refractivity contribution is 6.32. The first kappa shape index (κ1) is 20.6. The molecule has 138 valence electrons. The lowest BCUT2D eigenvalue weighted by molar-refractivity contribution is -0.137. The molecule has 0 atom stereocenters. The zero-order valence-electron chi connectivity index (χ0n) is 14.2. The molecule has 0 unspecified atom stereocenters. The van der Waals surface area contributed by atoms with Crippen LogP contribution in [0.3, 0.4) is 0 Å². The summed E-state index contributed by atoms with van der Waals surface area (Å²) in [6.45, 7) is 3.23. The molecular formula is C16H21ClN2O6. The molecule has 9 heteroatoms. The SMILES string of the molecule is COc1cc(C(=O)N(CCC(=O)O)C(C)C)cc(Cl)c1OCC(N)=O. The number of hydrogen-bond donors (Lipinski definition) is 2. The van der Waals surface area contributed by atoms with Crippen molar-refractivity contribution in [1.29, 1.82) is 0 Å². The molecule has 2 amide bonds. The van der Waals surface area contributed by atoms with Gasteiger partial charge in [0.2, 0.25) is 0 Å². The van der Waals surface area contributed by atoms with E-state index in [9.17, 15) is 14.4 Å². The molecule has 1 rings (SSSR count). The second-order valence-corrected chi connectivity index (χ2v) is 5.89. The third-order valence-electron chi connectivity index (χ3n) is 3.29. The Morgan fingerprint density at radius 1 is 1.32 bits per heavy atom. The van der Waals surface area contributed by atoms with Crippen LogP contribution in [-0.4, -0.2) is 54.1 Å². The molecule has 25 heavy (non-hydrogen) atoms. The Morgan fingerprint density at radius 3 is 2.44 bits per heavy atom. The molecule has 0 saturated heterocycles. The summed E-state index contributed by atoms with van der Waals surface area (Å²) in [5, 5.41) is 8.90. The van der Waals surface area contributed by atoms with Gasteiger partial charge in [-0.3, -0.25) is 14.4 Å². The average molecular weight is 373 g/mol. The second kappa shape index (κ2) is 9.12. The van der Waals surface area contributed by atoms with E-state index in [-0.39, 0.29) is 47.7 Å². The fraction of sp³-hybridized carbons (Fsp3) is 0.438. The summed E-state index contributed by atoms with van der Waals surface area (Å²) in [7, 11) is 1.36. The van der Waals surface area contributed by atoms with E-state index in [1.807, 2.05) is 0 Å². The Hall–Kier alpha value is -2.48. The van der Waals surface area contributed by atoms with Crippen LogP contribution in [0.2, 0.25) is 5.02 Å². The van der Waals surface area contributed by atoms with E-state index >= 15 is 0 Å². The van der Waals surface area contributed by atoms with Gasteiger partial charge in [0, 0.05) is 18.2 Å². The molecule has 0 fully saturated rings. The molecule has 0 aliphatic carbocycles. The molecule has 0 heterocycles. The summed E-state index contributed by atoms with van der Waals surface area (Å²) >= 11 is 6.13. The molecule has 0 saturated carbocycles. The summed E-state index contributed by atoms with van der Waals surface area (Å²) in [5.74, 6) is -1.81. The second-order valence-electron chi connectivity index (χ2n) is 5.48. The first-order valence-electron chi connectivity index (χ1n) is 7.48. The predicted molar refractivity (Wildman–Crippen MR) is 91.1 cm³/mol. The number of rotatable bonds is 9. The number of benzene rings is 1. The van der Waals surface area contributed by atoms with Crippen LogP contribution in [0.4, 0.5) is 0 Å². The van der Waals surface area contributed by atoms with Gasteiger partial charge in [-0.15, -0.1) is 0 Å². The molecule has 0 radical (unpaired) electrons. The number of primary amides is 1. The van der Waals surface area contributed by atoms with Gasteiger partial charge in [0.25, 0.3) is 11.8 Å². The zero-order valence-corrected chi connectivity index (χ0v) is 15.0. The van der Waals surface area contributed by atoms with Crippen LogP contribution in [0, 0.1) is 0 Å². The van der Waals surface area contributed by atoms with Gasteiger partial charge in [-0.05, 0) is 26.0 Å². The number of nitrogens with zero attached hydrogens (tertiary/aromatic N) is 1. The molecule has 0 aliphatic heterocycles. The zero-order chi connectivity index (χ0) is 19.1. The van der Waals surface area contributed by atoms with E-state index in [1.54, 1.807) is 13.8 Å². The van der Waals surface area contributed by atoms with Gasteiger partial charge in [0.15, 0.2) is 18.1 Å². The summed E-state index contributed by atoms with van der Waals surface area (Å²) in [4.78, 5) is 35.8. The van der Waals surface area contributed by atoms with E-state index in [1.165, 1.54) is 24.1 Å². The van der Waals surface area contributed by atoms with Crippen molar-refractivity contribution in [2.24, 2.45) is 5.73 Å². The highest BCUT2D eigenvalue weighted by Crippen LogP contribution is 2.36. The smallest absolute Gasteiger partial charge is 0.305 e. The Bertz CT molecular complexity index is 662. The van der Waals surface area contributed by atoms with E-state index in [0.29, 0.717) is 0 Å². The van der Waals surface area contributed by atoms with Gasteiger partial charge in [-0.25, -0.2) is 0 Å². The molecule has 1 aromatic rings. The summed E-state index contributed by atoms with van der Waals surface area (Å²) < 4.78 is 10.4. The van der Waals surface area contributed by atoms with E-state index < -0.39 is 17.8 Å². The minimum atomic E-state index is -0.996. The highest BCUT2D eigenvalue weighted by Gasteiger charge is 2.23. The number of nitrogens with two attached hydrogens (primary N) is 1. The molecular weight excluding hydrogens is 352 g/mol. The molecule has 0 aliphatic rings. The summed E-state index contributed by atoms with van der Waals surface area (Å²) in [6.07, 6.45) is -0.172. The van der Waals surface area contributed by atoms with Crippen LogP contribution in [0.25, 0.3) is 0 Å². The summed E-state index contributed by atoms with van der Waals surface area (Å²) in [5.41, 5.74) is 5.25. The van der Waals surface area contributed by atoms with Crippen LogP contribution in [0.1, 0.15) is 30.6 Å². The number of hydrogen-bond acceptors (Lipinski definition) is 5. The standard InChI is InChI=1S/C16H21ClN2O6/c1-9(2)19(5-4-14(21)22)16(23)10-6-11(17)15(12(7-10)24-3)25-8-13(18)20/h6-7,9H,4-5,8H2,1-3H3,(H2,18,20)(H,21,22). The number of carboxylic acids is 1. The maximum absolute atomic E-state index is 12.7. The molecule has 1 aromatic carbocycles. The number of halogens is 1. The number of amides is 2. The monoisotopic (exact) mass is 372 g/mol. The molecule has 0 bridgehead atoms. The van der Waals surface area contributed by atoms with Crippen LogP contribution < -0.4 is 15.2 Å². The number of carbonyl (C=O) groups is 3. The third-order valence-corrected chi connectivity index (χ3v) is 3.57. The lowest BCUT2D eigenvalue weighted by Crippen LogP contribution is -2.38. The van der Waals surface area contributed by atoms with Crippen LogP contribution in [-0.2, 0) is 9.59 Å². The molecule has 0 spiro atoms. The van der Waals surface area contributed by atoms with Gasteiger partial charge in [0.1, 0.15) is 0 Å². The van der Waals surface area contributed by atoms with Crippen LogP contribution >= 0.6 is 11.6 Å². The maximum atomic E-state index is 12.7. The lowest BCUT2D eigenvalue weighted by atomic mass is 10.1. The molecule has 3 N–H and O–H groups in total. The van der Waals surface area contributed by atoms with Gasteiger partial charge in [-0.2, -0.15) is 0 Å². The Morgan fingerprint density at radius 2 is 1.96 bits per heavy atom. The van der Waals surface area contributed by atoms with Crippen molar-refractivity contribution in [2.45, 2.75) is 26.3 Å². The van der Waals surface area contributed by atoms with Gasteiger partial charge >= 0.3 is 5.97 Å². The number of carboxylic acid groups (broad SMARTS) is 1. The molecule has 8 nitrogen and oxygen atoms in total. The minimum Gasteiger partial charge on any atom is -0.493 e. The third kappa shape index (κ3) is 5.82. The average Bonchev–Trinajstić information content (AvgIpc) is 2.52. The maximum Gasteiger partial charge on any atom is 0.305 e. The van der Waals surface area contributed by atoms with Crippen molar-refractivity contribution in [1.82, 2.24) is 4.90 Å². The lowest BCUT2D eigenvalue weighted by Gasteiger charge is -2.26. The van der Waals surface area contributed by atoms with Crippen LogP contribution in [0.15, 0.2) is 12.1 Å². The molecule has 0 aromatic heterocycles. The van der Waals surface area contributed by atoms with Crippen molar-refractivity contribution in [3.05, 3.63) is 22.7 Å². The fourth-order valence-corrected chi connectivity index (χ4v) is 2.37. The van der Waals surface area contributed by atoms with Crippen molar-refractivity contribution in [3.8, 4) is 11.5 Å². The Labute approximate surface area is 150 Å². The van der Waals surface area contributed by atoms with Crippen molar-refractivity contribution in [3.63, 3.8) is 0 Å².